The maximum atomic E-state index is 13.7. The summed E-state index contributed by atoms with van der Waals surface area (Å²) in [5.74, 6) is -0.339. The van der Waals surface area contributed by atoms with Crippen molar-refractivity contribution in [3.8, 4) is 0 Å². The Morgan fingerprint density at radius 2 is 1.81 bits per heavy atom. The molecule has 1 spiro atoms. The zero-order chi connectivity index (χ0) is 33.8. The predicted molar refractivity (Wildman–Crippen MR) is 193 cm³/mol. The summed E-state index contributed by atoms with van der Waals surface area (Å²) in [6.07, 6.45) is 6.83. The van der Waals surface area contributed by atoms with Crippen molar-refractivity contribution >= 4 is 96.2 Å². The van der Waals surface area contributed by atoms with Gasteiger partial charge in [-0.1, -0.05) is 18.2 Å². The molecule has 4 heterocycles. The molecule has 2 aromatic heterocycles. The molecule has 1 saturated heterocycles. The summed E-state index contributed by atoms with van der Waals surface area (Å²) < 4.78 is 75.3. The van der Waals surface area contributed by atoms with Gasteiger partial charge in [-0.2, -0.15) is 0 Å². The molecule has 3 aromatic carbocycles. The fourth-order valence-corrected chi connectivity index (χ4v) is 13.8. The van der Waals surface area contributed by atoms with Crippen LogP contribution >= 0.6 is 23.1 Å². The van der Waals surface area contributed by atoms with E-state index in [4.69, 9.17) is 0 Å². The Morgan fingerprint density at radius 3 is 2.58 bits per heavy atom. The molecule has 0 radical (unpaired) electrons. The van der Waals surface area contributed by atoms with E-state index in [1.54, 1.807) is 10.6 Å². The van der Waals surface area contributed by atoms with Crippen LogP contribution in [0.1, 0.15) is 30.8 Å². The van der Waals surface area contributed by atoms with Crippen LogP contribution in [0.25, 0.3) is 32.7 Å². The van der Waals surface area contributed by atoms with Gasteiger partial charge in [0.1, 0.15) is 0 Å². The Hall–Kier alpha value is -2.85. The monoisotopic (exact) mass is 791 g/mol. The molecule has 0 bridgehead atoms. The summed E-state index contributed by atoms with van der Waals surface area (Å²) in [5.41, 5.74) is 1.69. The molecule has 15 heteroatoms. The van der Waals surface area contributed by atoms with Gasteiger partial charge >= 0.3 is 275 Å². The SMILES string of the molecule is CCn1c(=Cc2[se]c3ccccc3[n+]2CCCS(=O)(=O)O)sc(=CC=C2Sc3c(ccc4ccccc34)[N+]23CCCC3S(=O)(=O)O)c1=O. The standard InChI is InChI=1S/C33H31N3O7S4Se/c1-2-34-28(21-29-35(18-8-20-46(38,39)40)24-11-5-6-12-27(24)48-29)44-26(33(34)37)16-17-30-36(19-7-13-31(36)47(41,42)43)25-15-14-22-9-3-4-10-23(22)32(25)45-30/h3-6,9-12,14-17,21,31H,2,7-8,13,18-20H2,1H3/p+2. The van der Waals surface area contributed by atoms with Gasteiger partial charge < -0.3 is 0 Å². The molecule has 0 saturated carbocycles. The van der Waals surface area contributed by atoms with E-state index in [1.165, 1.54) is 23.1 Å². The molecule has 2 aliphatic rings. The summed E-state index contributed by atoms with van der Waals surface area (Å²) in [6, 6.07) is 19.9. The van der Waals surface area contributed by atoms with Gasteiger partial charge in [0.25, 0.3) is 0 Å². The van der Waals surface area contributed by atoms with Gasteiger partial charge in [0, 0.05) is 0 Å². The number of benzene rings is 3. The number of rotatable bonds is 8. The Morgan fingerprint density at radius 1 is 1.04 bits per heavy atom. The number of nitrogens with zero attached hydrogens (tertiary/aromatic N) is 3. The third-order valence-corrected chi connectivity index (χ3v) is 15.8. The summed E-state index contributed by atoms with van der Waals surface area (Å²) in [5, 5.41) is 1.76. The predicted octanol–water partition coefficient (Wildman–Crippen LogP) is 3.43. The van der Waals surface area contributed by atoms with Gasteiger partial charge in [-0.15, -0.1) is 0 Å². The van der Waals surface area contributed by atoms with Crippen molar-refractivity contribution in [3.63, 3.8) is 0 Å². The number of thiazole rings is 1. The number of aryl methyl sites for hydroxylation is 1. The summed E-state index contributed by atoms with van der Waals surface area (Å²) in [7, 11) is -8.48. The minimum atomic E-state index is -4.39. The third-order valence-electron chi connectivity index (χ3n) is 8.98. The van der Waals surface area contributed by atoms with E-state index in [1.807, 2.05) is 73.7 Å². The zero-order valence-corrected chi connectivity index (χ0v) is 30.8. The molecule has 2 unspecified atom stereocenters. The fourth-order valence-electron chi connectivity index (χ4n) is 6.91. The first-order valence-electron chi connectivity index (χ1n) is 15.5. The molecule has 2 N–H and O–H groups in total. The Kier molecular flexibility index (Phi) is 8.97. The van der Waals surface area contributed by atoms with E-state index >= 15 is 0 Å². The summed E-state index contributed by atoms with van der Waals surface area (Å²) in [6.45, 7) is 3.27. The average molecular weight is 791 g/mol. The number of para-hydroxylation sites is 1. The van der Waals surface area contributed by atoms with E-state index in [9.17, 15) is 30.7 Å². The van der Waals surface area contributed by atoms with E-state index in [0.29, 0.717) is 37.0 Å². The summed E-state index contributed by atoms with van der Waals surface area (Å²) >= 11 is 2.77. The van der Waals surface area contributed by atoms with Crippen LogP contribution in [0.5, 0.6) is 0 Å². The van der Waals surface area contributed by atoms with Gasteiger partial charge in [-0.05, 0) is 0 Å². The number of hydrogen-bond donors (Lipinski definition) is 2. The first-order chi connectivity index (χ1) is 22.9. The van der Waals surface area contributed by atoms with Gasteiger partial charge in [0.2, 0.25) is 0 Å². The Balaban J connectivity index is 1.36. The maximum absolute atomic E-state index is 13.7. The second kappa shape index (κ2) is 12.8. The topological polar surface area (TPSA) is 135 Å². The van der Waals surface area contributed by atoms with Crippen molar-refractivity contribution in [1.29, 1.82) is 0 Å². The molecule has 0 aliphatic carbocycles. The minimum absolute atomic E-state index is 0.00369. The van der Waals surface area contributed by atoms with Crippen LogP contribution in [-0.4, -0.2) is 62.7 Å². The van der Waals surface area contributed by atoms with Crippen LogP contribution in [0.4, 0.5) is 5.69 Å². The van der Waals surface area contributed by atoms with E-state index < -0.39 is 25.6 Å². The van der Waals surface area contributed by atoms with E-state index in [2.05, 4.69) is 10.6 Å². The number of allylic oxidation sites excluding steroid dienone is 1. The molecular weight excluding hydrogens is 758 g/mol. The quantitative estimate of drug-likeness (QED) is 0.106. The second-order valence-corrected chi connectivity index (χ2v) is 19.3. The zero-order valence-electron chi connectivity index (χ0n) is 25.9. The van der Waals surface area contributed by atoms with Crippen molar-refractivity contribution in [1.82, 2.24) is 9.05 Å². The van der Waals surface area contributed by atoms with Crippen molar-refractivity contribution in [2.24, 2.45) is 0 Å². The molecule has 7 rings (SSSR count). The Bertz CT molecular complexity index is 2540. The normalized spacial score (nSPS) is 21.4. The van der Waals surface area contributed by atoms with Crippen LogP contribution in [-0.2, 0) is 33.3 Å². The van der Waals surface area contributed by atoms with E-state index in [0.717, 1.165) is 45.4 Å². The number of aromatic nitrogens is 2. The second-order valence-electron chi connectivity index (χ2n) is 11.8. The fraction of sp³-hybridized carbons (Fsp3) is 0.273. The molecule has 0 amide bonds. The molecule has 2 aliphatic heterocycles. The van der Waals surface area contributed by atoms with Crippen molar-refractivity contribution < 1.29 is 30.5 Å². The number of fused-ring (bicyclic) bond motifs is 5. The first-order valence-corrected chi connectivity index (χ1v) is 21.9. The molecule has 48 heavy (non-hydrogen) atoms. The van der Waals surface area contributed by atoms with Crippen LogP contribution in [0.3, 0.4) is 0 Å². The van der Waals surface area contributed by atoms with Gasteiger partial charge in [-0.3, -0.25) is 0 Å². The van der Waals surface area contributed by atoms with Gasteiger partial charge in [-0.25, -0.2) is 0 Å². The molecule has 250 valence electrons. The Labute approximate surface area is 291 Å². The summed E-state index contributed by atoms with van der Waals surface area (Å²) in [4.78, 5) is 14.7. The molecule has 5 aromatic rings. The molecule has 1 fully saturated rings. The van der Waals surface area contributed by atoms with Crippen molar-refractivity contribution in [2.75, 3.05) is 12.3 Å². The number of thioether (sulfide) groups is 1. The van der Waals surface area contributed by atoms with Crippen molar-refractivity contribution in [3.05, 3.63) is 95.9 Å². The van der Waals surface area contributed by atoms with Crippen LogP contribution in [0.2, 0.25) is 0 Å². The first kappa shape index (κ1) is 33.6. The average Bonchev–Trinajstić information content (AvgIpc) is 3.79. The van der Waals surface area contributed by atoms with Gasteiger partial charge in [0.15, 0.2) is 0 Å². The van der Waals surface area contributed by atoms with Crippen LogP contribution in [0.15, 0.2) is 81.5 Å². The molecule has 10 nitrogen and oxygen atoms in total. The molecule has 2 atom stereocenters. The van der Waals surface area contributed by atoms with E-state index in [-0.39, 0.29) is 36.7 Å². The van der Waals surface area contributed by atoms with Crippen molar-refractivity contribution in [2.45, 2.75) is 49.5 Å². The van der Waals surface area contributed by atoms with Crippen LogP contribution < -0.4 is 23.8 Å². The third kappa shape index (κ3) is 5.99. The molecular formula is C33H33N3O7S4Se+2. The van der Waals surface area contributed by atoms with Crippen LogP contribution in [0, 0.1) is 0 Å². The van der Waals surface area contributed by atoms with Gasteiger partial charge in [0.05, 0.1) is 0 Å². The number of hydrogen-bond acceptors (Lipinski definition) is 7. The number of quaternary nitrogens is 1.